The zero-order valence-electron chi connectivity index (χ0n) is 27.3. The summed E-state index contributed by atoms with van der Waals surface area (Å²) < 4.78 is 0. The largest absolute Gasteiger partial charge is 0.310 e. The maximum atomic E-state index is 2.40. The quantitative estimate of drug-likeness (QED) is 0.181. The van der Waals surface area contributed by atoms with E-state index in [1.54, 1.807) is 0 Å². The van der Waals surface area contributed by atoms with Gasteiger partial charge in [-0.05, 0) is 122 Å². The lowest BCUT2D eigenvalue weighted by Crippen LogP contribution is -2.14. The minimum atomic E-state index is 1.10. The Morgan fingerprint density at radius 2 is 0.510 bits per heavy atom. The molecule has 0 fully saturated rings. The summed E-state index contributed by atoms with van der Waals surface area (Å²) in [5, 5.41) is 9.78. The van der Waals surface area contributed by atoms with Gasteiger partial charge in [-0.15, -0.1) is 0 Å². The standard InChI is InChI=1S/C47H34N2/c1-33-26-46(48(42-22-18-34-10-2-6-14-38(34)28-42)43-23-19-35-11-3-7-15-39(35)29-43)32-47(27-33)49(44-24-20-36-12-4-8-16-40(36)30-44)45-25-21-37-13-5-9-17-41(37)31-45/h2-32H,1H3. The molecule has 9 aromatic carbocycles. The highest BCUT2D eigenvalue weighted by Gasteiger charge is 2.19. The van der Waals surface area contributed by atoms with E-state index in [1.807, 2.05) is 0 Å². The molecule has 232 valence electrons. The van der Waals surface area contributed by atoms with Crippen LogP contribution in [-0.4, -0.2) is 0 Å². The summed E-state index contributed by atoms with van der Waals surface area (Å²) in [7, 11) is 0. The number of hydrogen-bond acceptors (Lipinski definition) is 2. The van der Waals surface area contributed by atoms with E-state index in [1.165, 1.54) is 48.7 Å². The summed E-state index contributed by atoms with van der Waals surface area (Å²) in [5.74, 6) is 0. The van der Waals surface area contributed by atoms with Gasteiger partial charge in [0.05, 0.1) is 0 Å². The molecule has 0 atom stereocenters. The minimum absolute atomic E-state index is 1.10. The molecular weight excluding hydrogens is 593 g/mol. The van der Waals surface area contributed by atoms with Gasteiger partial charge in [0.15, 0.2) is 0 Å². The zero-order valence-corrected chi connectivity index (χ0v) is 27.3. The number of fused-ring (bicyclic) bond motifs is 4. The van der Waals surface area contributed by atoms with Crippen molar-refractivity contribution in [1.82, 2.24) is 0 Å². The second-order valence-corrected chi connectivity index (χ2v) is 12.8. The van der Waals surface area contributed by atoms with E-state index in [4.69, 9.17) is 0 Å². The fraction of sp³-hybridized carbons (Fsp3) is 0.0213. The first-order chi connectivity index (χ1) is 24.2. The number of nitrogens with zero attached hydrogens (tertiary/aromatic N) is 2. The van der Waals surface area contributed by atoms with Crippen molar-refractivity contribution >= 4 is 77.2 Å². The molecule has 2 heteroatoms. The Kier molecular flexibility index (Phi) is 7.06. The van der Waals surface area contributed by atoms with Crippen LogP contribution >= 0.6 is 0 Å². The molecule has 0 aliphatic rings. The molecule has 2 nitrogen and oxygen atoms in total. The Morgan fingerprint density at radius 1 is 0.245 bits per heavy atom. The smallest absolute Gasteiger partial charge is 0.0485 e. The van der Waals surface area contributed by atoms with Gasteiger partial charge in [0.2, 0.25) is 0 Å². The summed E-state index contributed by atoms with van der Waals surface area (Å²) in [6.07, 6.45) is 0. The minimum Gasteiger partial charge on any atom is -0.310 e. The van der Waals surface area contributed by atoms with Gasteiger partial charge in [0.25, 0.3) is 0 Å². The number of rotatable bonds is 6. The van der Waals surface area contributed by atoms with Crippen molar-refractivity contribution in [3.8, 4) is 0 Å². The average molecular weight is 627 g/mol. The lowest BCUT2D eigenvalue weighted by atomic mass is 10.0. The van der Waals surface area contributed by atoms with E-state index in [2.05, 4.69) is 205 Å². The van der Waals surface area contributed by atoms with Crippen LogP contribution < -0.4 is 9.80 Å². The van der Waals surface area contributed by atoms with Gasteiger partial charge in [-0.25, -0.2) is 0 Å². The molecule has 0 spiro atoms. The first kappa shape index (κ1) is 28.8. The normalized spacial score (nSPS) is 11.4. The van der Waals surface area contributed by atoms with E-state index in [0.29, 0.717) is 0 Å². The van der Waals surface area contributed by atoms with E-state index < -0.39 is 0 Å². The topological polar surface area (TPSA) is 6.48 Å². The summed E-state index contributed by atoms with van der Waals surface area (Å²) in [5.41, 5.74) is 7.87. The predicted octanol–water partition coefficient (Wildman–Crippen LogP) is 13.5. The van der Waals surface area contributed by atoms with Crippen molar-refractivity contribution in [1.29, 1.82) is 0 Å². The Morgan fingerprint density at radius 3 is 0.796 bits per heavy atom. The molecule has 0 N–H and O–H groups in total. The first-order valence-corrected chi connectivity index (χ1v) is 16.8. The molecule has 0 amide bonds. The number of hydrogen-bond donors (Lipinski definition) is 0. The molecule has 0 radical (unpaired) electrons. The SMILES string of the molecule is Cc1cc(N(c2ccc3ccccc3c2)c2ccc3ccccc3c2)cc(N(c2ccc3ccccc3c2)c2ccc3ccccc3c2)c1. The maximum absolute atomic E-state index is 2.40. The summed E-state index contributed by atoms with van der Waals surface area (Å²) in [4.78, 5) is 4.79. The lowest BCUT2D eigenvalue weighted by Gasteiger charge is -2.30. The second kappa shape index (κ2) is 12.0. The predicted molar refractivity (Wildman–Crippen MR) is 211 cm³/mol. The molecule has 0 aliphatic carbocycles. The Labute approximate surface area is 286 Å². The summed E-state index contributed by atoms with van der Waals surface area (Å²) >= 11 is 0. The molecule has 9 aromatic rings. The van der Waals surface area contributed by atoms with Gasteiger partial charge in [-0.2, -0.15) is 0 Å². The summed E-state index contributed by atoms with van der Waals surface area (Å²) in [6, 6.07) is 68.4. The Balaban J connectivity index is 1.27. The zero-order chi connectivity index (χ0) is 32.7. The number of anilines is 6. The summed E-state index contributed by atoms with van der Waals surface area (Å²) in [6.45, 7) is 2.20. The maximum Gasteiger partial charge on any atom is 0.0485 e. The third kappa shape index (κ3) is 5.44. The van der Waals surface area contributed by atoms with Crippen LogP contribution in [0.5, 0.6) is 0 Å². The second-order valence-electron chi connectivity index (χ2n) is 12.8. The van der Waals surface area contributed by atoms with Gasteiger partial charge in [0.1, 0.15) is 0 Å². The van der Waals surface area contributed by atoms with E-state index >= 15 is 0 Å². The van der Waals surface area contributed by atoms with Crippen molar-refractivity contribution < 1.29 is 0 Å². The van der Waals surface area contributed by atoms with Crippen LogP contribution in [0.1, 0.15) is 5.56 Å². The van der Waals surface area contributed by atoms with Crippen molar-refractivity contribution in [3.05, 3.63) is 194 Å². The molecule has 9 rings (SSSR count). The lowest BCUT2D eigenvalue weighted by molar-refractivity contribution is 1.24. The molecule has 0 aromatic heterocycles. The molecule has 0 saturated heterocycles. The van der Waals surface area contributed by atoms with Gasteiger partial charge in [-0.3, -0.25) is 0 Å². The van der Waals surface area contributed by atoms with Gasteiger partial charge >= 0.3 is 0 Å². The molecule has 0 heterocycles. The van der Waals surface area contributed by atoms with E-state index in [9.17, 15) is 0 Å². The Bertz CT molecular complexity index is 2310. The first-order valence-electron chi connectivity index (χ1n) is 16.8. The highest BCUT2D eigenvalue weighted by Crippen LogP contribution is 2.43. The molecule has 49 heavy (non-hydrogen) atoms. The molecule has 0 unspecified atom stereocenters. The van der Waals surface area contributed by atoms with Crippen molar-refractivity contribution in [3.63, 3.8) is 0 Å². The van der Waals surface area contributed by atoms with Crippen LogP contribution in [0.3, 0.4) is 0 Å². The van der Waals surface area contributed by atoms with Crippen LogP contribution in [0, 0.1) is 6.92 Å². The van der Waals surface area contributed by atoms with Crippen LogP contribution in [-0.2, 0) is 0 Å². The van der Waals surface area contributed by atoms with Gasteiger partial charge in [0, 0.05) is 34.1 Å². The fourth-order valence-corrected chi connectivity index (χ4v) is 7.16. The van der Waals surface area contributed by atoms with Crippen LogP contribution in [0.4, 0.5) is 34.1 Å². The highest BCUT2D eigenvalue weighted by atomic mass is 15.2. The average Bonchev–Trinajstić information content (AvgIpc) is 3.15. The molecular formula is C47H34N2. The van der Waals surface area contributed by atoms with Crippen LogP contribution in [0.15, 0.2) is 188 Å². The number of benzene rings is 9. The molecule has 0 bridgehead atoms. The fourth-order valence-electron chi connectivity index (χ4n) is 7.16. The monoisotopic (exact) mass is 626 g/mol. The van der Waals surface area contributed by atoms with Gasteiger partial charge in [-0.1, -0.05) is 121 Å². The third-order valence-corrected chi connectivity index (χ3v) is 9.53. The van der Waals surface area contributed by atoms with Crippen LogP contribution in [0.25, 0.3) is 43.1 Å². The van der Waals surface area contributed by atoms with E-state index in [0.717, 1.165) is 34.1 Å². The van der Waals surface area contributed by atoms with E-state index in [-0.39, 0.29) is 0 Å². The third-order valence-electron chi connectivity index (χ3n) is 9.53. The van der Waals surface area contributed by atoms with Gasteiger partial charge < -0.3 is 9.80 Å². The van der Waals surface area contributed by atoms with Crippen molar-refractivity contribution in [2.45, 2.75) is 6.92 Å². The highest BCUT2D eigenvalue weighted by molar-refractivity contribution is 5.95. The van der Waals surface area contributed by atoms with Crippen LogP contribution in [0.2, 0.25) is 0 Å². The molecule has 0 saturated carbocycles. The van der Waals surface area contributed by atoms with Crippen molar-refractivity contribution in [2.24, 2.45) is 0 Å². The van der Waals surface area contributed by atoms with Crippen molar-refractivity contribution in [2.75, 3.05) is 9.80 Å². The number of aryl methyl sites for hydroxylation is 1. The molecule has 0 aliphatic heterocycles. The Hall–Kier alpha value is -6.38.